The Hall–Kier alpha value is -3.61. The predicted octanol–water partition coefficient (Wildman–Crippen LogP) is 2.13. The van der Waals surface area contributed by atoms with Crippen molar-refractivity contribution in [1.29, 1.82) is 0 Å². The SMILES string of the molecule is COc1ccc(C(=O)N2CCN(C(=O)c3cc4ccccc4c(=O)[nH]3)CC2)cc1. The second kappa shape index (κ2) is 7.79. The highest BCUT2D eigenvalue weighted by molar-refractivity contribution is 5.97. The fourth-order valence-electron chi connectivity index (χ4n) is 3.53. The van der Waals surface area contributed by atoms with Crippen LogP contribution >= 0.6 is 0 Å². The Balaban J connectivity index is 1.44. The van der Waals surface area contributed by atoms with Crippen LogP contribution in [-0.4, -0.2) is 59.9 Å². The van der Waals surface area contributed by atoms with E-state index in [9.17, 15) is 14.4 Å². The van der Waals surface area contributed by atoms with Gasteiger partial charge in [0.2, 0.25) is 0 Å². The van der Waals surface area contributed by atoms with Gasteiger partial charge in [-0.15, -0.1) is 0 Å². The molecule has 3 aromatic rings. The smallest absolute Gasteiger partial charge is 0.270 e. The average molecular weight is 391 g/mol. The summed E-state index contributed by atoms with van der Waals surface area (Å²) in [5.74, 6) is 0.393. The third-order valence-corrected chi connectivity index (χ3v) is 5.17. The maximum absolute atomic E-state index is 12.9. The van der Waals surface area contributed by atoms with Crippen LogP contribution in [0.1, 0.15) is 20.8 Å². The van der Waals surface area contributed by atoms with E-state index in [1.54, 1.807) is 59.4 Å². The minimum Gasteiger partial charge on any atom is -0.497 e. The molecule has 29 heavy (non-hydrogen) atoms. The fourth-order valence-corrected chi connectivity index (χ4v) is 3.53. The number of fused-ring (bicyclic) bond motifs is 1. The summed E-state index contributed by atoms with van der Waals surface area (Å²) in [6.07, 6.45) is 0. The Bertz CT molecular complexity index is 1110. The van der Waals surface area contributed by atoms with E-state index in [-0.39, 0.29) is 23.1 Å². The summed E-state index contributed by atoms with van der Waals surface area (Å²) in [4.78, 5) is 43.8. The molecule has 0 radical (unpaired) electrons. The molecule has 1 aromatic heterocycles. The monoisotopic (exact) mass is 391 g/mol. The number of aromatic nitrogens is 1. The largest absolute Gasteiger partial charge is 0.497 e. The quantitative estimate of drug-likeness (QED) is 0.742. The number of hydrogen-bond acceptors (Lipinski definition) is 4. The number of rotatable bonds is 3. The third-order valence-electron chi connectivity index (χ3n) is 5.17. The lowest BCUT2D eigenvalue weighted by Gasteiger charge is -2.34. The molecule has 0 spiro atoms. The summed E-state index contributed by atoms with van der Waals surface area (Å²) in [5.41, 5.74) is 0.577. The van der Waals surface area contributed by atoms with Crippen molar-refractivity contribution in [2.45, 2.75) is 0 Å². The van der Waals surface area contributed by atoms with Gasteiger partial charge < -0.3 is 19.5 Å². The van der Waals surface area contributed by atoms with Crippen molar-refractivity contribution in [3.63, 3.8) is 0 Å². The van der Waals surface area contributed by atoms with Gasteiger partial charge in [0.25, 0.3) is 17.4 Å². The summed E-state index contributed by atoms with van der Waals surface area (Å²) >= 11 is 0. The van der Waals surface area contributed by atoms with E-state index >= 15 is 0 Å². The van der Waals surface area contributed by atoms with Crippen LogP contribution in [0.4, 0.5) is 0 Å². The maximum Gasteiger partial charge on any atom is 0.270 e. The number of nitrogens with zero attached hydrogens (tertiary/aromatic N) is 2. The number of piperazine rings is 1. The van der Waals surface area contributed by atoms with E-state index in [0.717, 1.165) is 5.39 Å². The minimum atomic E-state index is -0.278. The zero-order valence-corrected chi connectivity index (χ0v) is 16.1. The normalized spacial score (nSPS) is 14.1. The van der Waals surface area contributed by atoms with Gasteiger partial charge in [-0.3, -0.25) is 14.4 Å². The molecule has 2 amide bonds. The van der Waals surface area contributed by atoms with Gasteiger partial charge in [0.1, 0.15) is 11.4 Å². The van der Waals surface area contributed by atoms with Crippen LogP contribution in [0, 0.1) is 0 Å². The fraction of sp³-hybridized carbons (Fsp3) is 0.227. The molecule has 1 fully saturated rings. The molecule has 148 valence electrons. The molecule has 0 unspecified atom stereocenters. The van der Waals surface area contributed by atoms with Crippen molar-refractivity contribution in [3.8, 4) is 5.75 Å². The van der Waals surface area contributed by atoms with Gasteiger partial charge in [0, 0.05) is 37.1 Å². The molecular weight excluding hydrogens is 370 g/mol. The molecule has 1 aliphatic rings. The van der Waals surface area contributed by atoms with Crippen molar-refractivity contribution in [3.05, 3.63) is 76.2 Å². The van der Waals surface area contributed by atoms with Crippen LogP contribution in [0.5, 0.6) is 5.75 Å². The van der Waals surface area contributed by atoms with Crippen molar-refractivity contribution >= 4 is 22.6 Å². The molecule has 0 saturated carbocycles. The number of carbonyl (C=O) groups is 2. The van der Waals surface area contributed by atoms with Gasteiger partial charge >= 0.3 is 0 Å². The van der Waals surface area contributed by atoms with Gasteiger partial charge in [-0.25, -0.2) is 0 Å². The van der Waals surface area contributed by atoms with E-state index in [4.69, 9.17) is 4.74 Å². The lowest BCUT2D eigenvalue weighted by Crippen LogP contribution is -2.50. The van der Waals surface area contributed by atoms with Crippen LogP contribution < -0.4 is 10.3 Å². The number of hydrogen-bond donors (Lipinski definition) is 1. The van der Waals surface area contributed by atoms with Gasteiger partial charge in [0.15, 0.2) is 0 Å². The zero-order chi connectivity index (χ0) is 20.4. The average Bonchev–Trinajstić information content (AvgIpc) is 2.78. The van der Waals surface area contributed by atoms with Crippen LogP contribution in [0.25, 0.3) is 10.8 Å². The number of benzene rings is 2. The van der Waals surface area contributed by atoms with Crippen LogP contribution in [0.2, 0.25) is 0 Å². The number of amides is 2. The molecule has 7 nitrogen and oxygen atoms in total. The molecule has 2 aromatic carbocycles. The van der Waals surface area contributed by atoms with E-state index in [1.165, 1.54) is 0 Å². The molecule has 7 heteroatoms. The number of H-pyrrole nitrogens is 1. The van der Waals surface area contributed by atoms with Crippen LogP contribution in [0.3, 0.4) is 0 Å². The molecule has 1 N–H and O–H groups in total. The van der Waals surface area contributed by atoms with Crippen molar-refractivity contribution in [2.24, 2.45) is 0 Å². The van der Waals surface area contributed by atoms with Crippen LogP contribution in [-0.2, 0) is 0 Å². The second-order valence-electron chi connectivity index (χ2n) is 6.91. The molecule has 1 saturated heterocycles. The summed E-state index contributed by atoms with van der Waals surface area (Å²) in [6.45, 7) is 1.70. The Morgan fingerprint density at radius 2 is 1.52 bits per heavy atom. The Morgan fingerprint density at radius 1 is 0.897 bits per heavy atom. The Labute approximate surface area is 167 Å². The van der Waals surface area contributed by atoms with Crippen molar-refractivity contribution in [2.75, 3.05) is 33.3 Å². The highest BCUT2D eigenvalue weighted by Gasteiger charge is 2.26. The summed E-state index contributed by atoms with van der Waals surface area (Å²) in [7, 11) is 1.58. The standard InChI is InChI=1S/C22H21N3O4/c1-29-17-8-6-15(7-9-17)21(27)24-10-12-25(13-11-24)22(28)19-14-16-4-2-3-5-18(16)20(26)23-19/h2-9,14H,10-13H2,1H3,(H,23,26). The minimum absolute atomic E-state index is 0.0705. The van der Waals surface area contributed by atoms with E-state index in [2.05, 4.69) is 4.98 Å². The van der Waals surface area contributed by atoms with Gasteiger partial charge in [0.05, 0.1) is 7.11 Å². The number of methoxy groups -OCH3 is 1. The first-order valence-electron chi connectivity index (χ1n) is 9.41. The van der Waals surface area contributed by atoms with Gasteiger partial charge in [-0.05, 0) is 41.8 Å². The summed E-state index contributed by atoms with van der Waals surface area (Å²) in [5, 5.41) is 1.28. The number of carbonyl (C=O) groups excluding carboxylic acids is 2. The predicted molar refractivity (Wildman–Crippen MR) is 109 cm³/mol. The maximum atomic E-state index is 12.9. The van der Waals surface area contributed by atoms with Crippen molar-refractivity contribution < 1.29 is 14.3 Å². The van der Waals surface area contributed by atoms with Crippen molar-refractivity contribution in [1.82, 2.24) is 14.8 Å². The topological polar surface area (TPSA) is 82.7 Å². The van der Waals surface area contributed by atoms with Crippen LogP contribution in [0.15, 0.2) is 59.4 Å². The highest BCUT2D eigenvalue weighted by Crippen LogP contribution is 2.16. The summed E-state index contributed by atoms with van der Waals surface area (Å²) in [6, 6.07) is 15.8. The lowest BCUT2D eigenvalue weighted by molar-refractivity contribution is 0.0532. The van der Waals surface area contributed by atoms with E-state index < -0.39 is 0 Å². The summed E-state index contributed by atoms with van der Waals surface area (Å²) < 4.78 is 5.12. The van der Waals surface area contributed by atoms with Gasteiger partial charge in [-0.1, -0.05) is 18.2 Å². The first kappa shape index (κ1) is 18.7. The zero-order valence-electron chi connectivity index (χ0n) is 16.1. The Morgan fingerprint density at radius 3 is 2.17 bits per heavy atom. The lowest BCUT2D eigenvalue weighted by atomic mass is 10.1. The third kappa shape index (κ3) is 3.71. The molecule has 2 heterocycles. The van der Waals surface area contributed by atoms with E-state index in [0.29, 0.717) is 42.9 Å². The number of pyridine rings is 1. The number of nitrogens with one attached hydrogen (secondary N) is 1. The first-order valence-corrected chi connectivity index (χ1v) is 9.41. The number of ether oxygens (including phenoxy) is 1. The molecule has 4 rings (SSSR count). The molecule has 0 bridgehead atoms. The molecular formula is C22H21N3O4. The second-order valence-corrected chi connectivity index (χ2v) is 6.91. The molecule has 0 atom stereocenters. The Kier molecular flexibility index (Phi) is 5.03. The first-order chi connectivity index (χ1) is 14.1. The highest BCUT2D eigenvalue weighted by atomic mass is 16.5. The number of aromatic amines is 1. The molecule has 1 aliphatic heterocycles. The van der Waals surface area contributed by atoms with E-state index in [1.807, 2.05) is 12.1 Å². The van der Waals surface area contributed by atoms with Gasteiger partial charge in [-0.2, -0.15) is 0 Å². The molecule has 0 aliphatic carbocycles.